The minimum absolute atomic E-state index is 0.260. The van der Waals surface area contributed by atoms with Gasteiger partial charge in [-0.25, -0.2) is 0 Å². The van der Waals surface area contributed by atoms with E-state index in [1.807, 2.05) is 30.3 Å². The average Bonchev–Trinajstić information content (AvgIpc) is 2.68. The van der Waals surface area contributed by atoms with Gasteiger partial charge in [-0.05, 0) is 73.8 Å². The van der Waals surface area contributed by atoms with E-state index in [1.165, 1.54) is 16.2 Å². The molecule has 124 valence electrons. The Hall–Kier alpha value is -3.52. The Morgan fingerprint density at radius 2 is 0.885 bits per heavy atom. The molecule has 2 nitrogen and oxygen atoms in total. The minimum atomic E-state index is 0.260. The molecule has 0 aliphatic carbocycles. The molecule has 0 spiro atoms. The molecule has 2 heteroatoms. The summed E-state index contributed by atoms with van der Waals surface area (Å²) in [7, 11) is 0. The van der Waals surface area contributed by atoms with Gasteiger partial charge in [-0.2, -0.15) is 0 Å². The van der Waals surface area contributed by atoms with E-state index < -0.39 is 0 Å². The number of benzene rings is 5. The zero-order valence-corrected chi connectivity index (χ0v) is 14.0. The van der Waals surface area contributed by atoms with Gasteiger partial charge in [0.25, 0.3) is 0 Å². The van der Waals surface area contributed by atoms with E-state index in [0.29, 0.717) is 0 Å². The molecule has 0 aromatic heterocycles. The molecule has 0 aliphatic heterocycles. The third-order valence-corrected chi connectivity index (χ3v) is 5.02. The topological polar surface area (TPSA) is 40.5 Å². The highest BCUT2D eigenvalue weighted by atomic mass is 16.3. The van der Waals surface area contributed by atoms with Gasteiger partial charge in [0.1, 0.15) is 11.5 Å². The Kier molecular flexibility index (Phi) is 3.13. The van der Waals surface area contributed by atoms with Gasteiger partial charge in [-0.3, -0.25) is 0 Å². The van der Waals surface area contributed by atoms with Crippen molar-refractivity contribution >= 4 is 32.3 Å². The summed E-state index contributed by atoms with van der Waals surface area (Å²) < 4.78 is 0. The number of aromatic hydroxyl groups is 2. The predicted octanol–water partition coefficient (Wildman–Crippen LogP) is 6.22. The van der Waals surface area contributed by atoms with Crippen LogP contribution in [-0.2, 0) is 0 Å². The third kappa shape index (κ3) is 2.20. The lowest BCUT2D eigenvalue weighted by atomic mass is 9.92. The third-order valence-electron chi connectivity index (χ3n) is 5.02. The Morgan fingerprint density at radius 1 is 0.385 bits per heavy atom. The fourth-order valence-electron chi connectivity index (χ4n) is 3.78. The summed E-state index contributed by atoms with van der Waals surface area (Å²) in [5.74, 6) is 0.528. The Balaban J connectivity index is 1.93. The van der Waals surface area contributed by atoms with Crippen molar-refractivity contribution in [2.75, 3.05) is 0 Å². The number of phenols is 2. The number of hydrogen-bond acceptors (Lipinski definition) is 2. The molecule has 2 N–H and O–H groups in total. The van der Waals surface area contributed by atoms with Crippen LogP contribution < -0.4 is 0 Å². The van der Waals surface area contributed by atoms with Crippen molar-refractivity contribution in [3.63, 3.8) is 0 Å². The smallest absolute Gasteiger partial charge is 0.116 e. The number of rotatable bonds is 1. The molecule has 26 heavy (non-hydrogen) atoms. The van der Waals surface area contributed by atoms with Crippen LogP contribution in [0.3, 0.4) is 0 Å². The molecular formula is C24H16O2. The van der Waals surface area contributed by atoms with Crippen molar-refractivity contribution in [2.24, 2.45) is 0 Å². The van der Waals surface area contributed by atoms with Crippen LogP contribution >= 0.6 is 0 Å². The van der Waals surface area contributed by atoms with E-state index >= 15 is 0 Å². The zero-order valence-electron chi connectivity index (χ0n) is 14.0. The van der Waals surface area contributed by atoms with E-state index in [4.69, 9.17) is 0 Å². The van der Waals surface area contributed by atoms with Gasteiger partial charge in [0.05, 0.1) is 0 Å². The lowest BCUT2D eigenvalue weighted by Crippen LogP contribution is -1.85. The van der Waals surface area contributed by atoms with Crippen LogP contribution in [0.2, 0.25) is 0 Å². The molecule has 0 radical (unpaired) electrons. The van der Waals surface area contributed by atoms with Crippen molar-refractivity contribution in [1.29, 1.82) is 0 Å². The van der Waals surface area contributed by atoms with E-state index in [2.05, 4.69) is 36.4 Å². The predicted molar refractivity (Wildman–Crippen MR) is 108 cm³/mol. The molecule has 5 aromatic carbocycles. The summed E-state index contributed by atoms with van der Waals surface area (Å²) in [5.41, 5.74) is 2.13. The maximum atomic E-state index is 10.1. The van der Waals surface area contributed by atoms with Crippen LogP contribution in [0.1, 0.15) is 0 Å². The van der Waals surface area contributed by atoms with Crippen molar-refractivity contribution in [3.8, 4) is 22.6 Å². The molecular weight excluding hydrogens is 320 g/mol. The SMILES string of the molecule is Oc1ccc(-c2ccc3c4ccccc4c4ccc(O)cc4c3c2)cc1. The Labute approximate surface area is 150 Å². The molecule has 5 rings (SSSR count). The highest BCUT2D eigenvalue weighted by Crippen LogP contribution is 2.38. The molecule has 0 unspecified atom stereocenters. The number of phenolic OH excluding ortho intramolecular Hbond substituents is 2. The van der Waals surface area contributed by atoms with Crippen LogP contribution in [-0.4, -0.2) is 10.2 Å². The first-order chi connectivity index (χ1) is 12.7. The summed E-state index contributed by atoms with van der Waals surface area (Å²) in [6.07, 6.45) is 0. The fraction of sp³-hybridized carbons (Fsp3) is 0. The van der Waals surface area contributed by atoms with Gasteiger partial charge in [-0.1, -0.05) is 54.6 Å². The van der Waals surface area contributed by atoms with Crippen LogP contribution in [0.15, 0.2) is 84.9 Å². The molecule has 0 amide bonds. The van der Waals surface area contributed by atoms with Crippen molar-refractivity contribution in [1.82, 2.24) is 0 Å². The monoisotopic (exact) mass is 336 g/mol. The Bertz CT molecular complexity index is 1280. The first-order valence-electron chi connectivity index (χ1n) is 8.57. The molecule has 0 aliphatic rings. The highest BCUT2D eigenvalue weighted by Gasteiger charge is 2.10. The number of fused-ring (bicyclic) bond motifs is 6. The van der Waals surface area contributed by atoms with E-state index in [0.717, 1.165) is 27.3 Å². The summed E-state index contributed by atoms with van der Waals surface area (Å²) in [5, 5.41) is 26.4. The highest BCUT2D eigenvalue weighted by molar-refractivity contribution is 6.25. The summed E-state index contributed by atoms with van der Waals surface area (Å²) in [6, 6.07) is 27.6. The summed E-state index contributed by atoms with van der Waals surface area (Å²) in [4.78, 5) is 0. The van der Waals surface area contributed by atoms with E-state index in [9.17, 15) is 10.2 Å². The molecule has 0 saturated heterocycles. The van der Waals surface area contributed by atoms with Gasteiger partial charge >= 0.3 is 0 Å². The molecule has 5 aromatic rings. The largest absolute Gasteiger partial charge is 0.508 e. The standard InChI is InChI=1S/C24H16O2/c25-17-8-5-15(6-9-17)16-7-11-21-19-3-1-2-4-20(19)22-12-10-18(26)14-24(22)23(21)13-16/h1-14,25-26H. The summed E-state index contributed by atoms with van der Waals surface area (Å²) in [6.45, 7) is 0. The zero-order chi connectivity index (χ0) is 17.7. The maximum absolute atomic E-state index is 10.1. The van der Waals surface area contributed by atoms with Gasteiger partial charge in [0.15, 0.2) is 0 Å². The second kappa shape index (κ2) is 5.50. The van der Waals surface area contributed by atoms with Crippen LogP contribution in [0, 0.1) is 0 Å². The molecule has 0 bridgehead atoms. The molecule has 0 atom stereocenters. The van der Waals surface area contributed by atoms with Crippen LogP contribution in [0.5, 0.6) is 11.5 Å². The first-order valence-corrected chi connectivity index (χ1v) is 8.57. The second-order valence-electron chi connectivity index (χ2n) is 6.58. The number of hydrogen-bond donors (Lipinski definition) is 2. The summed E-state index contributed by atoms with van der Waals surface area (Å²) >= 11 is 0. The van der Waals surface area contributed by atoms with Crippen molar-refractivity contribution in [2.45, 2.75) is 0 Å². The molecule has 0 saturated carbocycles. The van der Waals surface area contributed by atoms with Gasteiger partial charge in [0, 0.05) is 0 Å². The average molecular weight is 336 g/mol. The van der Waals surface area contributed by atoms with Gasteiger partial charge < -0.3 is 10.2 Å². The van der Waals surface area contributed by atoms with Crippen molar-refractivity contribution in [3.05, 3.63) is 84.9 Å². The van der Waals surface area contributed by atoms with Crippen LogP contribution in [0.4, 0.5) is 0 Å². The quantitative estimate of drug-likeness (QED) is 0.356. The first kappa shape index (κ1) is 14.8. The minimum Gasteiger partial charge on any atom is -0.508 e. The lowest BCUT2D eigenvalue weighted by Gasteiger charge is -2.12. The maximum Gasteiger partial charge on any atom is 0.116 e. The van der Waals surface area contributed by atoms with Crippen LogP contribution in [0.25, 0.3) is 43.4 Å². The Morgan fingerprint density at radius 3 is 1.58 bits per heavy atom. The van der Waals surface area contributed by atoms with E-state index in [1.54, 1.807) is 18.2 Å². The normalized spacial score (nSPS) is 11.4. The molecule has 0 fully saturated rings. The second-order valence-corrected chi connectivity index (χ2v) is 6.58. The lowest BCUT2D eigenvalue weighted by molar-refractivity contribution is 0.475. The van der Waals surface area contributed by atoms with E-state index in [-0.39, 0.29) is 11.5 Å². The van der Waals surface area contributed by atoms with Gasteiger partial charge in [0.2, 0.25) is 0 Å². The fourth-order valence-corrected chi connectivity index (χ4v) is 3.78. The van der Waals surface area contributed by atoms with Gasteiger partial charge in [-0.15, -0.1) is 0 Å². The van der Waals surface area contributed by atoms with Crippen molar-refractivity contribution < 1.29 is 10.2 Å². The molecule has 0 heterocycles.